The predicted molar refractivity (Wildman–Crippen MR) is 67.6 cm³/mol. The Hall–Kier alpha value is -1.87. The second-order valence-electron chi connectivity index (χ2n) is 3.55. The van der Waals surface area contributed by atoms with Crippen LogP contribution < -0.4 is 10.9 Å². The first-order valence-corrected chi connectivity index (χ1v) is 5.33. The summed E-state index contributed by atoms with van der Waals surface area (Å²) in [7, 11) is 3.47. The van der Waals surface area contributed by atoms with Gasteiger partial charge in [0.25, 0.3) is 0 Å². The van der Waals surface area contributed by atoms with E-state index < -0.39 is 5.91 Å². The highest BCUT2D eigenvalue weighted by molar-refractivity contribution is 6.39. The number of hydrogen-bond donors (Lipinski definition) is 1. The van der Waals surface area contributed by atoms with Crippen LogP contribution in [-0.4, -0.2) is 16.1 Å². The van der Waals surface area contributed by atoms with Crippen LogP contribution >= 0.6 is 0 Å². The van der Waals surface area contributed by atoms with Crippen molar-refractivity contribution in [2.75, 3.05) is 0 Å². The van der Waals surface area contributed by atoms with Crippen LogP contribution in [0.2, 0.25) is 0 Å². The van der Waals surface area contributed by atoms with Crippen LogP contribution in [0.5, 0.6) is 0 Å². The second kappa shape index (κ2) is 3.94. The number of benzene rings is 2. The van der Waals surface area contributed by atoms with E-state index in [4.69, 9.17) is 5.73 Å². The number of rotatable bonds is 2. The third-order valence-electron chi connectivity index (χ3n) is 2.53. The van der Waals surface area contributed by atoms with Crippen molar-refractivity contribution in [1.82, 2.24) is 0 Å². The van der Waals surface area contributed by atoms with Crippen LogP contribution in [0.4, 0.5) is 0 Å². The maximum atomic E-state index is 11.2. The topological polar surface area (TPSA) is 43.1 Å². The van der Waals surface area contributed by atoms with Crippen LogP contribution in [0.1, 0.15) is 5.56 Å². The van der Waals surface area contributed by atoms with Gasteiger partial charge in [0.15, 0.2) is 0 Å². The first-order chi connectivity index (χ1) is 7.61. The van der Waals surface area contributed by atoms with Crippen LogP contribution in [0.25, 0.3) is 16.3 Å². The summed E-state index contributed by atoms with van der Waals surface area (Å²) < 4.78 is 0. The Bertz CT molecular complexity index is 590. The lowest BCUT2D eigenvalue weighted by atomic mass is 9.99. The van der Waals surface area contributed by atoms with Crippen molar-refractivity contribution < 1.29 is 4.79 Å². The summed E-state index contributed by atoms with van der Waals surface area (Å²) in [4.78, 5) is 11.2. The van der Waals surface area contributed by atoms with Gasteiger partial charge in [-0.15, -0.1) is 0 Å². The van der Waals surface area contributed by atoms with Gasteiger partial charge >= 0.3 is 0 Å². The standard InChI is InChI=1S/C13H10NOSi/c1-8(13(14)15)12-10-5-3-2-4-9(10)6-7-11(12)16/h2-7H,1H2,(H2,14,15). The van der Waals surface area contributed by atoms with Gasteiger partial charge in [-0.2, -0.15) is 0 Å². The van der Waals surface area contributed by atoms with Crippen LogP contribution in [0.15, 0.2) is 43.0 Å². The molecule has 2 aromatic carbocycles. The van der Waals surface area contributed by atoms with Gasteiger partial charge in [-0.1, -0.05) is 48.2 Å². The molecule has 0 aliphatic heterocycles. The third kappa shape index (κ3) is 1.65. The van der Waals surface area contributed by atoms with E-state index in [1.54, 1.807) is 0 Å². The largest absolute Gasteiger partial charge is 0.366 e. The molecule has 0 fully saturated rings. The Morgan fingerprint density at radius 1 is 1.19 bits per heavy atom. The molecule has 3 heteroatoms. The minimum atomic E-state index is -0.504. The smallest absolute Gasteiger partial charge is 0.248 e. The van der Waals surface area contributed by atoms with Gasteiger partial charge in [0, 0.05) is 5.57 Å². The van der Waals surface area contributed by atoms with Gasteiger partial charge in [-0.25, -0.2) is 0 Å². The number of carbonyl (C=O) groups is 1. The zero-order chi connectivity index (χ0) is 11.7. The monoisotopic (exact) mass is 224 g/mol. The lowest BCUT2D eigenvalue weighted by Crippen LogP contribution is -2.18. The van der Waals surface area contributed by atoms with Crippen LogP contribution in [-0.2, 0) is 4.79 Å². The van der Waals surface area contributed by atoms with Crippen LogP contribution in [0, 0.1) is 0 Å². The number of fused-ring (bicyclic) bond motifs is 1. The molecule has 0 saturated carbocycles. The Morgan fingerprint density at radius 2 is 1.88 bits per heavy atom. The molecule has 0 aliphatic rings. The van der Waals surface area contributed by atoms with Gasteiger partial charge in [-0.3, -0.25) is 4.79 Å². The van der Waals surface area contributed by atoms with Gasteiger partial charge in [0.1, 0.15) is 0 Å². The fraction of sp³-hybridized carbons (Fsp3) is 0. The quantitative estimate of drug-likeness (QED) is 0.603. The number of amides is 1. The maximum Gasteiger partial charge on any atom is 0.248 e. The van der Waals surface area contributed by atoms with E-state index in [2.05, 4.69) is 16.8 Å². The van der Waals surface area contributed by atoms with Crippen molar-refractivity contribution in [2.45, 2.75) is 0 Å². The molecule has 2 nitrogen and oxygen atoms in total. The van der Waals surface area contributed by atoms with Gasteiger partial charge < -0.3 is 5.73 Å². The Morgan fingerprint density at radius 3 is 2.56 bits per heavy atom. The first kappa shape index (κ1) is 10.6. The number of nitrogens with two attached hydrogens (primary N) is 1. The fourth-order valence-electron chi connectivity index (χ4n) is 1.72. The van der Waals surface area contributed by atoms with E-state index in [1.807, 2.05) is 36.4 Å². The molecule has 77 valence electrons. The minimum absolute atomic E-state index is 0.321. The zero-order valence-electron chi connectivity index (χ0n) is 8.66. The SMILES string of the molecule is C=C(C(N)=O)c1c([Si])ccc2ccccc12. The summed E-state index contributed by atoms with van der Waals surface area (Å²) in [6, 6.07) is 11.7. The summed E-state index contributed by atoms with van der Waals surface area (Å²) in [6.45, 7) is 3.73. The van der Waals surface area contributed by atoms with Crippen molar-refractivity contribution in [1.29, 1.82) is 0 Å². The molecule has 0 aliphatic carbocycles. The molecule has 16 heavy (non-hydrogen) atoms. The molecule has 0 bridgehead atoms. The first-order valence-electron chi connectivity index (χ1n) is 4.83. The lowest BCUT2D eigenvalue weighted by molar-refractivity contribution is -0.112. The van der Waals surface area contributed by atoms with Crippen LogP contribution in [0.3, 0.4) is 0 Å². The Kier molecular flexibility index (Phi) is 2.62. The van der Waals surface area contributed by atoms with Crippen molar-refractivity contribution in [3.05, 3.63) is 48.5 Å². The van der Waals surface area contributed by atoms with Gasteiger partial charge in [-0.05, 0) is 16.3 Å². The molecular weight excluding hydrogens is 214 g/mol. The summed E-state index contributed by atoms with van der Waals surface area (Å²) in [6.07, 6.45) is 0. The Balaban J connectivity index is 2.80. The average Bonchev–Trinajstić information content (AvgIpc) is 2.28. The molecule has 0 saturated heterocycles. The van der Waals surface area contributed by atoms with Crippen molar-refractivity contribution >= 4 is 37.7 Å². The predicted octanol–water partition coefficient (Wildman–Crippen LogP) is 1.13. The second-order valence-corrected chi connectivity index (χ2v) is 4.09. The van der Waals surface area contributed by atoms with Crippen molar-refractivity contribution in [2.24, 2.45) is 5.73 Å². The molecule has 0 heterocycles. The van der Waals surface area contributed by atoms with E-state index in [9.17, 15) is 4.79 Å². The van der Waals surface area contributed by atoms with E-state index in [-0.39, 0.29) is 0 Å². The average molecular weight is 224 g/mol. The molecular formula is C13H10NOSi. The van der Waals surface area contributed by atoms with E-state index in [0.29, 0.717) is 5.57 Å². The molecule has 2 aromatic rings. The summed E-state index contributed by atoms with van der Waals surface area (Å²) in [5.41, 5.74) is 6.35. The highest BCUT2D eigenvalue weighted by Crippen LogP contribution is 2.21. The van der Waals surface area contributed by atoms with Gasteiger partial charge in [0.2, 0.25) is 5.91 Å². The third-order valence-corrected chi connectivity index (χ3v) is 2.94. The molecule has 1 amide bonds. The molecule has 2 rings (SSSR count). The number of hydrogen-bond acceptors (Lipinski definition) is 1. The molecule has 0 atom stereocenters. The van der Waals surface area contributed by atoms with E-state index >= 15 is 0 Å². The minimum Gasteiger partial charge on any atom is -0.366 e. The summed E-state index contributed by atoms with van der Waals surface area (Å²) in [5.74, 6) is -0.504. The molecule has 0 aromatic heterocycles. The molecule has 0 spiro atoms. The van der Waals surface area contributed by atoms with Crippen molar-refractivity contribution in [3.63, 3.8) is 0 Å². The number of primary amides is 1. The zero-order valence-corrected chi connectivity index (χ0v) is 9.66. The molecule has 0 unspecified atom stereocenters. The van der Waals surface area contributed by atoms with E-state index in [1.165, 1.54) is 0 Å². The summed E-state index contributed by atoms with van der Waals surface area (Å²) in [5, 5.41) is 2.85. The van der Waals surface area contributed by atoms with Gasteiger partial charge in [0.05, 0.1) is 10.2 Å². The molecule has 3 radical (unpaired) electrons. The number of carbonyl (C=O) groups excluding carboxylic acids is 1. The fourth-order valence-corrected chi connectivity index (χ4v) is 2.09. The maximum absolute atomic E-state index is 11.2. The van der Waals surface area contributed by atoms with E-state index in [0.717, 1.165) is 21.5 Å². The normalized spacial score (nSPS) is 10.3. The highest BCUT2D eigenvalue weighted by atomic mass is 28.1. The molecule has 2 N–H and O–H groups in total. The Labute approximate surface area is 97.2 Å². The lowest BCUT2D eigenvalue weighted by Gasteiger charge is -2.10. The highest BCUT2D eigenvalue weighted by Gasteiger charge is 2.11. The van der Waals surface area contributed by atoms with Crippen molar-refractivity contribution in [3.8, 4) is 0 Å². The summed E-state index contributed by atoms with van der Waals surface area (Å²) >= 11 is 0.